The van der Waals surface area contributed by atoms with E-state index in [0.717, 1.165) is 17.7 Å². The predicted molar refractivity (Wildman–Crippen MR) is 133 cm³/mol. The molecule has 33 heavy (non-hydrogen) atoms. The van der Waals surface area contributed by atoms with E-state index in [1.54, 1.807) is 12.1 Å². The van der Waals surface area contributed by atoms with Crippen LogP contribution in [0.15, 0.2) is 102 Å². The summed E-state index contributed by atoms with van der Waals surface area (Å²) in [5.74, 6) is 0.474. The van der Waals surface area contributed by atoms with Gasteiger partial charge in [-0.25, -0.2) is 4.99 Å². The number of amides is 1. The summed E-state index contributed by atoms with van der Waals surface area (Å²) in [6, 6.07) is 23.2. The van der Waals surface area contributed by atoms with Gasteiger partial charge in [0.15, 0.2) is 0 Å². The third-order valence-electron chi connectivity index (χ3n) is 5.79. The summed E-state index contributed by atoms with van der Waals surface area (Å²) < 4.78 is 6.30. The van der Waals surface area contributed by atoms with Crippen LogP contribution < -0.4 is 10.1 Å². The molecular weight excluding hydrogens is 432 g/mol. The highest BCUT2D eigenvalue weighted by atomic mass is 35.5. The molecule has 5 heteroatoms. The van der Waals surface area contributed by atoms with Gasteiger partial charge in [-0.1, -0.05) is 72.3 Å². The molecule has 0 aromatic heterocycles. The molecule has 0 bridgehead atoms. The first-order chi connectivity index (χ1) is 16.2. The van der Waals surface area contributed by atoms with Crippen LogP contribution in [0.4, 0.5) is 5.69 Å². The van der Waals surface area contributed by atoms with Crippen molar-refractivity contribution in [2.75, 3.05) is 6.54 Å². The number of hydrogen-bond donors (Lipinski definition) is 1. The number of allylic oxidation sites excluding steroid dienone is 2. The van der Waals surface area contributed by atoms with E-state index >= 15 is 0 Å². The van der Waals surface area contributed by atoms with Crippen molar-refractivity contribution >= 4 is 28.9 Å². The highest BCUT2D eigenvalue weighted by molar-refractivity contribution is 6.31. The molecule has 3 aromatic carbocycles. The average Bonchev–Trinajstić information content (AvgIpc) is 3.01. The van der Waals surface area contributed by atoms with Crippen LogP contribution in [0, 0.1) is 5.92 Å². The van der Waals surface area contributed by atoms with Crippen LogP contribution in [-0.4, -0.2) is 24.3 Å². The van der Waals surface area contributed by atoms with E-state index in [0.29, 0.717) is 28.6 Å². The first-order valence-electron chi connectivity index (χ1n) is 11.0. The predicted octanol–water partition coefficient (Wildman–Crippen LogP) is 5.94. The van der Waals surface area contributed by atoms with Crippen LogP contribution in [-0.2, 0) is 6.42 Å². The maximum Gasteiger partial charge on any atom is 0.251 e. The lowest BCUT2D eigenvalue weighted by atomic mass is 9.88. The van der Waals surface area contributed by atoms with Crippen LogP contribution in [0.3, 0.4) is 0 Å². The fraction of sp³-hybridized carbons (Fsp3) is 0.143. The normalized spacial score (nSPS) is 18.4. The highest BCUT2D eigenvalue weighted by Gasteiger charge is 2.30. The zero-order valence-corrected chi connectivity index (χ0v) is 18.7. The molecule has 1 aliphatic heterocycles. The number of rotatable bonds is 5. The van der Waals surface area contributed by atoms with Crippen LogP contribution in [0.5, 0.6) is 5.75 Å². The van der Waals surface area contributed by atoms with Gasteiger partial charge < -0.3 is 10.1 Å². The lowest BCUT2D eigenvalue weighted by molar-refractivity contribution is 0.0954. The van der Waals surface area contributed by atoms with Gasteiger partial charge in [0.1, 0.15) is 17.5 Å². The van der Waals surface area contributed by atoms with Crippen molar-refractivity contribution in [2.45, 2.75) is 12.5 Å². The second-order valence-electron chi connectivity index (χ2n) is 8.06. The first-order valence-corrected chi connectivity index (χ1v) is 11.4. The molecule has 164 valence electrons. The minimum Gasteiger partial charge on any atom is -0.483 e. The fourth-order valence-electron chi connectivity index (χ4n) is 4.11. The minimum atomic E-state index is -0.181. The molecule has 1 amide bonds. The SMILES string of the molecule is O=C(NCCc1ccccc1)c1ccc2c(c1)N=C(c1cccc(Cl)c1)C1C=CC=CC1O2. The van der Waals surface area contributed by atoms with Crippen molar-refractivity contribution < 1.29 is 9.53 Å². The molecule has 0 saturated carbocycles. The number of benzene rings is 3. The smallest absolute Gasteiger partial charge is 0.251 e. The Morgan fingerprint density at radius 3 is 2.67 bits per heavy atom. The van der Waals surface area contributed by atoms with Crippen molar-refractivity contribution in [3.63, 3.8) is 0 Å². The molecular formula is C28H23ClN2O2. The molecule has 2 atom stereocenters. The molecule has 2 aliphatic rings. The summed E-state index contributed by atoms with van der Waals surface area (Å²) in [6.45, 7) is 0.563. The summed E-state index contributed by atoms with van der Waals surface area (Å²) in [6.07, 6.45) is 8.71. The van der Waals surface area contributed by atoms with Crippen molar-refractivity contribution in [2.24, 2.45) is 10.9 Å². The number of halogens is 1. The van der Waals surface area contributed by atoms with Gasteiger partial charge in [-0.15, -0.1) is 0 Å². The minimum absolute atomic E-state index is 0.0518. The van der Waals surface area contributed by atoms with Crippen molar-refractivity contribution in [3.05, 3.63) is 119 Å². The maximum atomic E-state index is 12.8. The topological polar surface area (TPSA) is 50.7 Å². The summed E-state index contributed by atoms with van der Waals surface area (Å²) >= 11 is 6.27. The Morgan fingerprint density at radius 2 is 1.82 bits per heavy atom. The number of nitrogens with zero attached hydrogens (tertiary/aromatic N) is 1. The highest BCUT2D eigenvalue weighted by Crippen LogP contribution is 2.37. The van der Waals surface area contributed by atoms with Gasteiger partial charge in [0.2, 0.25) is 0 Å². The van der Waals surface area contributed by atoms with Crippen LogP contribution >= 0.6 is 11.6 Å². The van der Waals surface area contributed by atoms with E-state index in [-0.39, 0.29) is 17.9 Å². The first kappa shape index (κ1) is 21.2. The monoisotopic (exact) mass is 454 g/mol. The molecule has 1 N–H and O–H groups in total. The number of ether oxygens (including phenoxy) is 1. The van der Waals surface area contributed by atoms with Crippen molar-refractivity contribution in [1.82, 2.24) is 5.32 Å². The standard InChI is InChI=1S/C28H23ClN2O2/c29-22-10-6-9-20(17-22)27-23-11-4-5-12-25(23)33-26-14-13-21(18-24(26)31-27)28(32)30-16-15-19-7-2-1-3-8-19/h1-14,17-18,23,25H,15-16H2,(H,30,32). The molecule has 0 radical (unpaired) electrons. The van der Waals surface area contributed by atoms with E-state index in [1.165, 1.54) is 5.56 Å². The molecule has 2 unspecified atom stereocenters. The average molecular weight is 455 g/mol. The van der Waals surface area contributed by atoms with Gasteiger partial charge in [0.25, 0.3) is 5.91 Å². The van der Waals surface area contributed by atoms with Gasteiger partial charge in [-0.2, -0.15) is 0 Å². The van der Waals surface area contributed by atoms with Crippen molar-refractivity contribution in [1.29, 1.82) is 0 Å². The fourth-order valence-corrected chi connectivity index (χ4v) is 4.30. The van der Waals surface area contributed by atoms with E-state index in [1.807, 2.05) is 66.8 Å². The Balaban J connectivity index is 1.43. The summed E-state index contributed by atoms with van der Waals surface area (Å²) in [5, 5.41) is 3.65. The molecule has 1 heterocycles. The zero-order chi connectivity index (χ0) is 22.6. The van der Waals surface area contributed by atoms with Crippen LogP contribution in [0.2, 0.25) is 5.02 Å². The van der Waals surface area contributed by atoms with E-state index < -0.39 is 0 Å². The van der Waals surface area contributed by atoms with Gasteiger partial charge >= 0.3 is 0 Å². The lowest BCUT2D eigenvalue weighted by Crippen LogP contribution is -2.30. The lowest BCUT2D eigenvalue weighted by Gasteiger charge is -2.24. The largest absolute Gasteiger partial charge is 0.483 e. The molecule has 0 fully saturated rings. The Labute approximate surface area is 198 Å². The molecule has 1 aliphatic carbocycles. The number of carbonyl (C=O) groups excluding carboxylic acids is 1. The third-order valence-corrected chi connectivity index (χ3v) is 6.02. The Hall–Kier alpha value is -3.63. The molecule has 3 aromatic rings. The van der Waals surface area contributed by atoms with Gasteiger partial charge in [0.05, 0.1) is 11.6 Å². The number of carbonyl (C=O) groups is 1. The maximum absolute atomic E-state index is 12.8. The van der Waals surface area contributed by atoms with E-state index in [4.69, 9.17) is 21.3 Å². The number of fused-ring (bicyclic) bond motifs is 2. The summed E-state index contributed by atoms with van der Waals surface area (Å²) in [4.78, 5) is 17.8. The van der Waals surface area contributed by atoms with Crippen molar-refractivity contribution in [3.8, 4) is 5.75 Å². The Kier molecular flexibility index (Phi) is 6.09. The molecule has 0 saturated heterocycles. The quantitative estimate of drug-likeness (QED) is 0.519. The van der Waals surface area contributed by atoms with E-state index in [2.05, 4.69) is 23.5 Å². The second-order valence-corrected chi connectivity index (χ2v) is 8.50. The molecule has 4 nitrogen and oxygen atoms in total. The van der Waals surface area contributed by atoms with Gasteiger partial charge in [-0.05, 0) is 54.0 Å². The molecule has 0 spiro atoms. The van der Waals surface area contributed by atoms with Gasteiger partial charge in [-0.3, -0.25) is 4.79 Å². The zero-order valence-electron chi connectivity index (χ0n) is 17.9. The molecule has 5 rings (SSSR count). The number of hydrogen-bond acceptors (Lipinski definition) is 3. The summed E-state index contributed by atoms with van der Waals surface area (Å²) in [5.41, 5.74) is 4.18. The third kappa shape index (κ3) is 4.76. The van der Waals surface area contributed by atoms with Crippen LogP contribution in [0.1, 0.15) is 21.5 Å². The Morgan fingerprint density at radius 1 is 0.970 bits per heavy atom. The van der Waals surface area contributed by atoms with Gasteiger partial charge in [0, 0.05) is 17.1 Å². The Bertz CT molecular complexity index is 1260. The van der Waals surface area contributed by atoms with E-state index in [9.17, 15) is 4.79 Å². The number of aliphatic imine (C=N–C) groups is 1. The van der Waals surface area contributed by atoms with Crippen LogP contribution in [0.25, 0.3) is 0 Å². The second kappa shape index (κ2) is 9.47. The number of nitrogens with one attached hydrogen (secondary N) is 1. The summed E-state index contributed by atoms with van der Waals surface area (Å²) in [7, 11) is 0.